The Morgan fingerprint density at radius 2 is 2.15 bits per heavy atom. The number of carbonyl (C=O) groups excluding carboxylic acids is 1. The molecule has 2 rings (SSSR count). The molecule has 0 bridgehead atoms. The average Bonchev–Trinajstić information content (AvgIpc) is 2.91. The molecule has 4 nitrogen and oxygen atoms in total. The van der Waals surface area contributed by atoms with Crippen molar-refractivity contribution in [3.8, 4) is 5.75 Å². The third kappa shape index (κ3) is 3.31. The number of hydrogen-bond donors (Lipinski definition) is 2. The van der Waals surface area contributed by atoms with Crippen molar-refractivity contribution < 1.29 is 9.53 Å². The van der Waals surface area contributed by atoms with Gasteiger partial charge in [-0.05, 0) is 42.5 Å². The minimum atomic E-state index is -0.0852. The highest BCUT2D eigenvalue weighted by Gasteiger charge is 2.23. The molecule has 0 aromatic heterocycles. The monoisotopic (exact) mass is 276 g/mol. The fourth-order valence-electron chi connectivity index (χ4n) is 2.40. The quantitative estimate of drug-likeness (QED) is 0.892. The van der Waals surface area contributed by atoms with Crippen molar-refractivity contribution in [2.24, 2.45) is 0 Å². The molecule has 1 unspecified atom stereocenters. The van der Waals surface area contributed by atoms with Gasteiger partial charge in [0, 0.05) is 0 Å². The summed E-state index contributed by atoms with van der Waals surface area (Å²) in [5, 5.41) is 6.20. The van der Waals surface area contributed by atoms with Crippen LogP contribution in [0.25, 0.3) is 0 Å². The second kappa shape index (κ2) is 5.83. The number of carbonyl (C=O) groups is 1. The fourth-order valence-corrected chi connectivity index (χ4v) is 2.40. The van der Waals surface area contributed by atoms with Gasteiger partial charge in [0.05, 0.1) is 18.8 Å². The van der Waals surface area contributed by atoms with Crippen LogP contribution in [0.3, 0.4) is 0 Å². The summed E-state index contributed by atoms with van der Waals surface area (Å²) in [5.74, 6) is 0.719. The summed E-state index contributed by atoms with van der Waals surface area (Å²) in [7, 11) is 1.62. The van der Waals surface area contributed by atoms with Gasteiger partial charge in [-0.1, -0.05) is 26.8 Å². The van der Waals surface area contributed by atoms with Crippen molar-refractivity contribution in [2.75, 3.05) is 19.0 Å². The van der Waals surface area contributed by atoms with Crippen LogP contribution in [-0.4, -0.2) is 25.6 Å². The molecule has 1 atom stereocenters. The molecule has 0 spiro atoms. The van der Waals surface area contributed by atoms with Crippen LogP contribution < -0.4 is 15.4 Å². The smallest absolute Gasteiger partial charge is 0.241 e. The number of amides is 1. The first-order chi connectivity index (χ1) is 9.41. The van der Waals surface area contributed by atoms with Gasteiger partial charge in [0.2, 0.25) is 5.91 Å². The Labute approximate surface area is 120 Å². The van der Waals surface area contributed by atoms with Crippen molar-refractivity contribution in [3.05, 3.63) is 23.8 Å². The predicted molar refractivity (Wildman–Crippen MR) is 81.3 cm³/mol. The van der Waals surface area contributed by atoms with E-state index in [2.05, 4.69) is 31.4 Å². The van der Waals surface area contributed by atoms with E-state index in [1.807, 2.05) is 18.2 Å². The molecule has 1 aliphatic rings. The summed E-state index contributed by atoms with van der Waals surface area (Å²) in [6.07, 6.45) is 1.95. The minimum absolute atomic E-state index is 0.0202. The van der Waals surface area contributed by atoms with E-state index in [1.54, 1.807) is 7.11 Å². The summed E-state index contributed by atoms with van der Waals surface area (Å²) in [5.41, 5.74) is 1.96. The molecule has 0 saturated carbocycles. The standard InChI is InChI=1S/C16H24N2O2/c1-16(2,3)11-7-8-14(20-4)13(10-11)18-15(19)12-6-5-9-17-12/h7-8,10,12,17H,5-6,9H2,1-4H3,(H,18,19). The molecule has 1 aromatic carbocycles. The third-order valence-corrected chi connectivity index (χ3v) is 3.70. The van der Waals surface area contributed by atoms with Crippen LogP contribution >= 0.6 is 0 Å². The summed E-state index contributed by atoms with van der Waals surface area (Å²) in [4.78, 5) is 12.2. The maximum absolute atomic E-state index is 12.2. The Hall–Kier alpha value is -1.55. The highest BCUT2D eigenvalue weighted by atomic mass is 16.5. The molecule has 1 aromatic rings. The van der Waals surface area contributed by atoms with Gasteiger partial charge >= 0.3 is 0 Å². The Morgan fingerprint density at radius 3 is 2.70 bits per heavy atom. The number of ether oxygens (including phenoxy) is 1. The van der Waals surface area contributed by atoms with Gasteiger partial charge in [-0.3, -0.25) is 4.79 Å². The molecule has 0 aliphatic carbocycles. The number of hydrogen-bond acceptors (Lipinski definition) is 3. The van der Waals surface area contributed by atoms with Crippen molar-refractivity contribution in [1.82, 2.24) is 5.32 Å². The molecular formula is C16H24N2O2. The normalized spacial score (nSPS) is 18.9. The molecule has 2 N–H and O–H groups in total. The van der Waals surface area contributed by atoms with E-state index in [0.717, 1.165) is 25.1 Å². The molecule has 1 aliphatic heterocycles. The topological polar surface area (TPSA) is 50.4 Å². The average molecular weight is 276 g/mol. The summed E-state index contributed by atoms with van der Waals surface area (Å²) < 4.78 is 5.34. The van der Waals surface area contributed by atoms with Gasteiger partial charge in [-0.2, -0.15) is 0 Å². The Bertz CT molecular complexity index is 486. The first-order valence-electron chi connectivity index (χ1n) is 7.14. The SMILES string of the molecule is COc1ccc(C(C)(C)C)cc1NC(=O)C1CCCN1. The third-order valence-electron chi connectivity index (χ3n) is 3.70. The van der Waals surface area contributed by atoms with Crippen LogP contribution in [0, 0.1) is 0 Å². The van der Waals surface area contributed by atoms with Crippen LogP contribution in [0.5, 0.6) is 5.75 Å². The van der Waals surface area contributed by atoms with Gasteiger partial charge in [-0.15, -0.1) is 0 Å². The van der Waals surface area contributed by atoms with Crippen LogP contribution in [0.1, 0.15) is 39.2 Å². The summed E-state index contributed by atoms with van der Waals surface area (Å²) in [6, 6.07) is 5.88. The highest BCUT2D eigenvalue weighted by molar-refractivity contribution is 5.96. The highest BCUT2D eigenvalue weighted by Crippen LogP contribution is 2.31. The fraction of sp³-hybridized carbons (Fsp3) is 0.562. The van der Waals surface area contributed by atoms with Crippen molar-refractivity contribution >= 4 is 11.6 Å². The summed E-state index contributed by atoms with van der Waals surface area (Å²) >= 11 is 0. The number of methoxy groups -OCH3 is 1. The van der Waals surface area contributed by atoms with E-state index in [-0.39, 0.29) is 17.4 Å². The zero-order valence-corrected chi connectivity index (χ0v) is 12.7. The maximum Gasteiger partial charge on any atom is 0.241 e. The molecule has 20 heavy (non-hydrogen) atoms. The van der Waals surface area contributed by atoms with Crippen molar-refractivity contribution in [2.45, 2.75) is 45.1 Å². The van der Waals surface area contributed by atoms with E-state index in [9.17, 15) is 4.79 Å². The van der Waals surface area contributed by atoms with Crippen LogP contribution in [0.2, 0.25) is 0 Å². The zero-order chi connectivity index (χ0) is 14.8. The molecule has 0 radical (unpaired) electrons. The lowest BCUT2D eigenvalue weighted by atomic mass is 9.87. The van der Waals surface area contributed by atoms with E-state index in [4.69, 9.17) is 4.74 Å². The number of rotatable bonds is 3. The Balaban J connectivity index is 2.22. The van der Waals surface area contributed by atoms with E-state index < -0.39 is 0 Å². The largest absolute Gasteiger partial charge is 0.495 e. The second-order valence-electron chi connectivity index (χ2n) is 6.30. The molecule has 1 amide bonds. The predicted octanol–water partition coefficient (Wildman–Crippen LogP) is 2.68. The molecule has 110 valence electrons. The lowest BCUT2D eigenvalue weighted by Crippen LogP contribution is -2.35. The molecule has 1 heterocycles. The maximum atomic E-state index is 12.2. The van der Waals surface area contributed by atoms with Crippen LogP contribution in [0.4, 0.5) is 5.69 Å². The lowest BCUT2D eigenvalue weighted by molar-refractivity contribution is -0.117. The molecular weight excluding hydrogens is 252 g/mol. The van der Waals surface area contributed by atoms with Gasteiger partial charge in [-0.25, -0.2) is 0 Å². The van der Waals surface area contributed by atoms with E-state index in [0.29, 0.717) is 5.75 Å². The first kappa shape index (κ1) is 14.9. The first-order valence-corrected chi connectivity index (χ1v) is 7.14. The van der Waals surface area contributed by atoms with Crippen LogP contribution in [-0.2, 0) is 10.2 Å². The Morgan fingerprint density at radius 1 is 1.40 bits per heavy atom. The lowest BCUT2D eigenvalue weighted by Gasteiger charge is -2.21. The van der Waals surface area contributed by atoms with Gasteiger partial charge < -0.3 is 15.4 Å². The van der Waals surface area contributed by atoms with Crippen molar-refractivity contribution in [3.63, 3.8) is 0 Å². The number of anilines is 1. The zero-order valence-electron chi connectivity index (χ0n) is 12.7. The van der Waals surface area contributed by atoms with Crippen LogP contribution in [0.15, 0.2) is 18.2 Å². The second-order valence-corrected chi connectivity index (χ2v) is 6.30. The molecule has 1 saturated heterocycles. The number of benzene rings is 1. The molecule has 4 heteroatoms. The number of nitrogens with one attached hydrogen (secondary N) is 2. The summed E-state index contributed by atoms with van der Waals surface area (Å²) in [6.45, 7) is 7.37. The van der Waals surface area contributed by atoms with Gasteiger partial charge in [0.1, 0.15) is 5.75 Å². The van der Waals surface area contributed by atoms with Gasteiger partial charge in [0.15, 0.2) is 0 Å². The van der Waals surface area contributed by atoms with E-state index in [1.165, 1.54) is 5.56 Å². The minimum Gasteiger partial charge on any atom is -0.495 e. The molecule has 1 fully saturated rings. The van der Waals surface area contributed by atoms with E-state index >= 15 is 0 Å². The van der Waals surface area contributed by atoms with Crippen molar-refractivity contribution in [1.29, 1.82) is 0 Å². The Kier molecular flexibility index (Phi) is 4.33. The van der Waals surface area contributed by atoms with Gasteiger partial charge in [0.25, 0.3) is 0 Å².